The number of ether oxygens (including phenoxy) is 6. The average molecular weight is 603 g/mol. The van der Waals surface area contributed by atoms with Gasteiger partial charge in [0.1, 0.15) is 12.7 Å². The van der Waals surface area contributed by atoms with Gasteiger partial charge in [0, 0.05) is 0 Å². The van der Waals surface area contributed by atoms with Gasteiger partial charge in [0.2, 0.25) is 0 Å². The Kier molecular flexibility index (Phi) is 12.2. The topological polar surface area (TPSA) is 161 Å². The van der Waals surface area contributed by atoms with Crippen molar-refractivity contribution in [2.75, 3.05) is 6.61 Å². The lowest BCUT2D eigenvalue weighted by Gasteiger charge is -2.46. The van der Waals surface area contributed by atoms with Crippen LogP contribution in [0.5, 0.6) is 0 Å². The molecule has 0 saturated carbocycles. The fourth-order valence-electron chi connectivity index (χ4n) is 3.32. The van der Waals surface area contributed by atoms with Gasteiger partial charge in [-0.3, -0.25) is 24.0 Å². The van der Waals surface area contributed by atoms with Crippen LogP contribution in [0.25, 0.3) is 0 Å². The highest BCUT2D eigenvalue weighted by molar-refractivity contribution is 5.78. The molecule has 1 saturated heterocycles. The molecule has 12 nitrogen and oxygen atoms in total. The molecule has 1 rings (SSSR count). The molecule has 1 aliphatic rings. The van der Waals surface area contributed by atoms with Crippen LogP contribution < -0.4 is 0 Å². The molecule has 0 aromatic heterocycles. The molecule has 0 aliphatic carbocycles. The summed E-state index contributed by atoms with van der Waals surface area (Å²) >= 11 is 0. The monoisotopic (exact) mass is 602 g/mol. The van der Waals surface area contributed by atoms with E-state index in [4.69, 9.17) is 28.4 Å². The molecular weight excluding hydrogens is 552 g/mol. The van der Waals surface area contributed by atoms with Crippen molar-refractivity contribution < 1.29 is 57.5 Å². The Morgan fingerprint density at radius 3 is 1.40 bits per heavy atom. The Bertz CT molecular complexity index is 990. The van der Waals surface area contributed by atoms with E-state index in [2.05, 4.69) is 0 Å². The first kappa shape index (κ1) is 37.3. The van der Waals surface area contributed by atoms with Crippen LogP contribution in [-0.4, -0.2) is 78.4 Å². The molecule has 0 aromatic carbocycles. The number of rotatable bonds is 9. The Morgan fingerprint density at radius 1 is 0.643 bits per heavy atom. The Balaban J connectivity index is 3.77. The number of carboxylic acids is 1. The van der Waals surface area contributed by atoms with Gasteiger partial charge >= 0.3 is 29.8 Å². The molecule has 42 heavy (non-hydrogen) atoms. The molecule has 5 unspecified atom stereocenters. The lowest BCUT2D eigenvalue weighted by molar-refractivity contribution is -0.319. The summed E-state index contributed by atoms with van der Waals surface area (Å²) in [6.07, 6.45) is -8.43. The molecular formula is C30H50O12. The lowest BCUT2D eigenvalue weighted by atomic mass is 9.93. The fourth-order valence-corrected chi connectivity index (χ4v) is 3.32. The molecule has 0 aromatic rings. The minimum Gasteiger partial charge on any atom is -0.481 e. The van der Waals surface area contributed by atoms with Gasteiger partial charge in [0.05, 0.1) is 34.2 Å². The first-order chi connectivity index (χ1) is 18.7. The van der Waals surface area contributed by atoms with E-state index in [9.17, 15) is 29.1 Å². The van der Waals surface area contributed by atoms with Crippen LogP contribution in [0.4, 0.5) is 0 Å². The second-order valence-electron chi connectivity index (χ2n) is 14.8. The maximum atomic E-state index is 13.2. The van der Waals surface area contributed by atoms with Gasteiger partial charge in [-0.05, 0) is 90.0 Å². The van der Waals surface area contributed by atoms with Gasteiger partial charge < -0.3 is 33.5 Å². The van der Waals surface area contributed by atoms with Gasteiger partial charge in [0.25, 0.3) is 0 Å². The molecule has 12 heteroatoms. The van der Waals surface area contributed by atoms with Gasteiger partial charge in [-0.25, -0.2) is 0 Å². The molecule has 242 valence electrons. The van der Waals surface area contributed by atoms with Crippen LogP contribution in [0.1, 0.15) is 96.4 Å². The van der Waals surface area contributed by atoms with E-state index in [0.29, 0.717) is 0 Å². The quantitative estimate of drug-likeness (QED) is 0.298. The summed E-state index contributed by atoms with van der Waals surface area (Å²) in [7, 11) is 0. The Labute approximate surface area is 249 Å². The van der Waals surface area contributed by atoms with E-state index in [1.54, 1.807) is 83.1 Å². The summed E-state index contributed by atoms with van der Waals surface area (Å²) in [6.45, 7) is 20.6. The van der Waals surface area contributed by atoms with E-state index in [-0.39, 0.29) is 0 Å². The summed E-state index contributed by atoms with van der Waals surface area (Å²) in [4.78, 5) is 63.5. The lowest BCUT2D eigenvalue weighted by Crippen LogP contribution is -2.64. The summed E-state index contributed by atoms with van der Waals surface area (Å²) in [5, 5.41) is 9.29. The number of aliphatic carboxylic acids is 1. The highest BCUT2D eigenvalue weighted by Crippen LogP contribution is 2.35. The molecule has 0 amide bonds. The van der Waals surface area contributed by atoms with Crippen LogP contribution in [-0.2, 0) is 52.4 Å². The van der Waals surface area contributed by atoms with Gasteiger partial charge in [0.15, 0.2) is 24.6 Å². The Hall–Kier alpha value is -2.73. The van der Waals surface area contributed by atoms with Crippen molar-refractivity contribution in [2.45, 2.75) is 133 Å². The van der Waals surface area contributed by atoms with Gasteiger partial charge in [-0.15, -0.1) is 0 Å². The summed E-state index contributed by atoms with van der Waals surface area (Å²) in [5.74, 6) is -3.81. The molecule has 6 atom stereocenters. The molecule has 0 spiro atoms. The third kappa shape index (κ3) is 11.2. The van der Waals surface area contributed by atoms with Crippen LogP contribution >= 0.6 is 0 Å². The number of carbonyl (C=O) groups is 5. The van der Waals surface area contributed by atoms with E-state index < -0.39 is 101 Å². The maximum Gasteiger partial charge on any atom is 0.311 e. The molecule has 1 N–H and O–H groups in total. The molecule has 0 bridgehead atoms. The Morgan fingerprint density at radius 2 is 1.02 bits per heavy atom. The van der Waals surface area contributed by atoms with Crippen molar-refractivity contribution in [3.63, 3.8) is 0 Å². The maximum absolute atomic E-state index is 13.2. The minimum atomic E-state index is -1.48. The number of carbonyl (C=O) groups excluding carboxylic acids is 4. The van der Waals surface area contributed by atoms with E-state index >= 15 is 0 Å². The predicted molar refractivity (Wildman–Crippen MR) is 150 cm³/mol. The van der Waals surface area contributed by atoms with Crippen LogP contribution in [0.3, 0.4) is 0 Å². The third-order valence-corrected chi connectivity index (χ3v) is 5.98. The summed E-state index contributed by atoms with van der Waals surface area (Å²) < 4.78 is 35.1. The van der Waals surface area contributed by atoms with Gasteiger partial charge in [-0.2, -0.15) is 0 Å². The van der Waals surface area contributed by atoms with Crippen molar-refractivity contribution in [3.05, 3.63) is 0 Å². The number of hydrogen-bond acceptors (Lipinski definition) is 11. The van der Waals surface area contributed by atoms with Crippen LogP contribution in [0.15, 0.2) is 0 Å². The normalized spacial score (nSPS) is 24.3. The zero-order valence-electron chi connectivity index (χ0n) is 27.3. The smallest absolute Gasteiger partial charge is 0.311 e. The first-order valence-corrected chi connectivity index (χ1v) is 14.1. The highest BCUT2D eigenvalue weighted by Gasteiger charge is 2.55. The second-order valence-corrected chi connectivity index (χ2v) is 14.8. The molecule has 1 fully saturated rings. The number of hydrogen-bond donors (Lipinski definition) is 1. The van der Waals surface area contributed by atoms with Crippen LogP contribution in [0.2, 0.25) is 0 Å². The van der Waals surface area contributed by atoms with Crippen LogP contribution in [0, 0.1) is 21.7 Å². The predicted octanol–water partition coefficient (Wildman–Crippen LogP) is 4.05. The van der Waals surface area contributed by atoms with E-state index in [1.807, 2.05) is 0 Å². The fraction of sp³-hybridized carbons (Fsp3) is 0.833. The molecule has 1 aliphatic heterocycles. The zero-order valence-corrected chi connectivity index (χ0v) is 27.3. The van der Waals surface area contributed by atoms with Gasteiger partial charge in [-0.1, -0.05) is 0 Å². The SMILES string of the molecule is C[C@@H](CC(=O)O)OC1OC(COC(=O)C(C)(C)C)C(OC(=O)C(C)(C)C)C(OC(=O)C(C)(C)C)C1OC(=O)C(C)(C)C. The molecule has 0 radical (unpaired) electrons. The summed E-state index contributed by atoms with van der Waals surface area (Å²) in [6, 6.07) is 0. The average Bonchev–Trinajstić information content (AvgIpc) is 2.77. The number of esters is 4. The van der Waals surface area contributed by atoms with Crippen molar-refractivity contribution >= 4 is 29.8 Å². The van der Waals surface area contributed by atoms with Crippen molar-refractivity contribution in [2.24, 2.45) is 21.7 Å². The standard InChI is InChI=1S/C30H50O12/c1-16(14-18(31)32)38-22-21(42-26(36)30(11,12)13)20(41-25(35)29(8,9)10)19(40-24(34)28(5,6)7)17(39-22)15-37-23(33)27(2,3)4/h16-17,19-22H,14-15H2,1-13H3,(H,31,32)/t16-,17?,19?,20?,21?,22?/m0/s1. The zero-order chi connectivity index (χ0) is 33.0. The van der Waals surface area contributed by atoms with E-state index in [1.165, 1.54) is 6.92 Å². The first-order valence-electron chi connectivity index (χ1n) is 14.1. The summed E-state index contributed by atoms with van der Waals surface area (Å²) in [5.41, 5.74) is -3.89. The van der Waals surface area contributed by atoms with E-state index in [0.717, 1.165) is 0 Å². The minimum absolute atomic E-state index is 0.418. The largest absolute Gasteiger partial charge is 0.481 e. The van der Waals surface area contributed by atoms with Crippen molar-refractivity contribution in [1.29, 1.82) is 0 Å². The third-order valence-electron chi connectivity index (χ3n) is 5.98. The molecule has 1 heterocycles. The number of carboxylic acid groups (broad SMARTS) is 1. The van der Waals surface area contributed by atoms with Crippen molar-refractivity contribution in [3.8, 4) is 0 Å². The highest BCUT2D eigenvalue weighted by atomic mass is 16.7. The second kappa shape index (κ2) is 13.7. The van der Waals surface area contributed by atoms with Crippen molar-refractivity contribution in [1.82, 2.24) is 0 Å².